The van der Waals surface area contributed by atoms with Crippen LogP contribution in [0.3, 0.4) is 0 Å². The number of rotatable bonds is 3. The fraction of sp³-hybridized carbons (Fsp3) is 0.308. The lowest BCUT2D eigenvalue weighted by Gasteiger charge is -2.07. The van der Waals surface area contributed by atoms with E-state index >= 15 is 0 Å². The minimum absolute atomic E-state index is 0.0810. The number of aliphatic hydroxyl groups is 1. The Balaban J connectivity index is 2.93. The predicted octanol–water partition coefficient (Wildman–Crippen LogP) is 2.59. The normalized spacial score (nSPS) is 11.5. The Labute approximate surface area is 90.5 Å². The highest BCUT2D eigenvalue weighted by molar-refractivity contribution is 5.54. The number of aliphatic hydroxyl groups excluding tert-OH is 1. The second-order valence-corrected chi connectivity index (χ2v) is 3.77. The molecule has 0 atom stereocenters. The maximum Gasteiger partial charge on any atom is 0.0991 e. The van der Waals surface area contributed by atoms with E-state index in [9.17, 15) is 0 Å². The molecule has 15 heavy (non-hydrogen) atoms. The highest BCUT2D eigenvalue weighted by Gasteiger charge is 2.01. The molecule has 0 unspecified atom stereocenters. The average molecular weight is 201 g/mol. The van der Waals surface area contributed by atoms with Crippen molar-refractivity contribution >= 4 is 6.08 Å². The van der Waals surface area contributed by atoms with Gasteiger partial charge in [-0.15, -0.1) is 0 Å². The zero-order chi connectivity index (χ0) is 11.3. The first-order chi connectivity index (χ1) is 7.17. The van der Waals surface area contributed by atoms with E-state index < -0.39 is 0 Å². The second kappa shape index (κ2) is 5.33. The van der Waals surface area contributed by atoms with Gasteiger partial charge in [0.1, 0.15) is 0 Å². The van der Waals surface area contributed by atoms with Crippen molar-refractivity contribution in [3.63, 3.8) is 0 Å². The SMILES string of the molecule is CC(C)C(=Cc1ccc(C#N)cc1)CO. The first-order valence-electron chi connectivity index (χ1n) is 4.99. The molecule has 0 spiro atoms. The summed E-state index contributed by atoms with van der Waals surface area (Å²) in [6.07, 6.45) is 1.96. The molecule has 0 heterocycles. The van der Waals surface area contributed by atoms with Crippen molar-refractivity contribution < 1.29 is 5.11 Å². The molecular weight excluding hydrogens is 186 g/mol. The van der Waals surface area contributed by atoms with Crippen LogP contribution >= 0.6 is 0 Å². The lowest BCUT2D eigenvalue weighted by atomic mass is 10.0. The topological polar surface area (TPSA) is 44.0 Å². The molecule has 0 aliphatic carbocycles. The van der Waals surface area contributed by atoms with Gasteiger partial charge in [-0.3, -0.25) is 0 Å². The lowest BCUT2D eigenvalue weighted by molar-refractivity contribution is 0.320. The molecule has 78 valence electrons. The molecule has 1 aromatic rings. The first-order valence-corrected chi connectivity index (χ1v) is 4.99. The fourth-order valence-corrected chi connectivity index (χ4v) is 1.26. The summed E-state index contributed by atoms with van der Waals surface area (Å²) in [7, 11) is 0. The summed E-state index contributed by atoms with van der Waals surface area (Å²) in [5.41, 5.74) is 2.67. The van der Waals surface area contributed by atoms with Crippen LogP contribution in [-0.2, 0) is 0 Å². The van der Waals surface area contributed by atoms with Crippen molar-refractivity contribution in [3.05, 3.63) is 41.0 Å². The van der Waals surface area contributed by atoms with Crippen LogP contribution in [0.1, 0.15) is 25.0 Å². The highest BCUT2D eigenvalue weighted by atomic mass is 16.3. The summed E-state index contributed by atoms with van der Waals surface area (Å²) >= 11 is 0. The van der Waals surface area contributed by atoms with E-state index in [0.717, 1.165) is 11.1 Å². The summed E-state index contributed by atoms with van der Waals surface area (Å²) in [4.78, 5) is 0. The molecule has 0 fully saturated rings. The summed E-state index contributed by atoms with van der Waals surface area (Å²) in [6.45, 7) is 4.18. The monoisotopic (exact) mass is 201 g/mol. The number of hydrogen-bond acceptors (Lipinski definition) is 2. The van der Waals surface area contributed by atoms with Gasteiger partial charge in [0.05, 0.1) is 18.2 Å². The Morgan fingerprint density at radius 2 is 2.00 bits per heavy atom. The largest absolute Gasteiger partial charge is 0.392 e. The van der Waals surface area contributed by atoms with E-state index in [0.29, 0.717) is 11.5 Å². The zero-order valence-electron chi connectivity index (χ0n) is 9.07. The first kappa shape index (κ1) is 11.5. The third-order valence-electron chi connectivity index (χ3n) is 2.32. The van der Waals surface area contributed by atoms with Crippen LogP contribution in [0.25, 0.3) is 6.08 Å². The van der Waals surface area contributed by atoms with Crippen molar-refractivity contribution in [2.75, 3.05) is 6.61 Å². The van der Waals surface area contributed by atoms with E-state index in [-0.39, 0.29) is 6.61 Å². The van der Waals surface area contributed by atoms with Gasteiger partial charge in [-0.05, 0) is 29.2 Å². The van der Waals surface area contributed by atoms with Gasteiger partial charge >= 0.3 is 0 Å². The number of benzene rings is 1. The molecule has 1 N–H and O–H groups in total. The van der Waals surface area contributed by atoms with Crippen molar-refractivity contribution in [3.8, 4) is 6.07 Å². The molecule has 1 aromatic carbocycles. The van der Waals surface area contributed by atoms with E-state index in [1.54, 1.807) is 12.1 Å². The molecule has 0 aromatic heterocycles. The number of nitrogens with zero attached hydrogens (tertiary/aromatic N) is 1. The van der Waals surface area contributed by atoms with Gasteiger partial charge in [-0.25, -0.2) is 0 Å². The highest BCUT2D eigenvalue weighted by Crippen LogP contribution is 2.14. The van der Waals surface area contributed by atoms with Gasteiger partial charge in [0, 0.05) is 0 Å². The van der Waals surface area contributed by atoms with Gasteiger partial charge in [0.2, 0.25) is 0 Å². The molecule has 2 heteroatoms. The minimum atomic E-state index is 0.0810. The Morgan fingerprint density at radius 3 is 2.40 bits per heavy atom. The van der Waals surface area contributed by atoms with Crippen LogP contribution in [0.2, 0.25) is 0 Å². The van der Waals surface area contributed by atoms with Gasteiger partial charge in [0.25, 0.3) is 0 Å². The third kappa shape index (κ3) is 3.23. The molecule has 1 rings (SSSR count). The van der Waals surface area contributed by atoms with Crippen LogP contribution in [0, 0.1) is 17.2 Å². The predicted molar refractivity (Wildman–Crippen MR) is 61.1 cm³/mol. The van der Waals surface area contributed by atoms with Crippen LogP contribution in [0.5, 0.6) is 0 Å². The minimum Gasteiger partial charge on any atom is -0.392 e. The average Bonchev–Trinajstić information content (AvgIpc) is 2.26. The molecule has 0 saturated carbocycles. The van der Waals surface area contributed by atoms with E-state index in [1.807, 2.05) is 32.1 Å². The lowest BCUT2D eigenvalue weighted by Crippen LogP contribution is -1.98. The van der Waals surface area contributed by atoms with E-state index in [1.165, 1.54) is 0 Å². The van der Waals surface area contributed by atoms with Crippen LogP contribution in [0.4, 0.5) is 0 Å². The smallest absolute Gasteiger partial charge is 0.0991 e. The number of nitriles is 1. The van der Waals surface area contributed by atoms with Gasteiger partial charge < -0.3 is 5.11 Å². The maximum atomic E-state index is 9.14. The molecule has 0 saturated heterocycles. The Bertz CT molecular complexity index is 382. The summed E-state index contributed by atoms with van der Waals surface area (Å²) in [5.74, 6) is 0.339. The van der Waals surface area contributed by atoms with Crippen LogP contribution in [-0.4, -0.2) is 11.7 Å². The third-order valence-corrected chi connectivity index (χ3v) is 2.32. The van der Waals surface area contributed by atoms with Gasteiger partial charge in [-0.2, -0.15) is 5.26 Å². The van der Waals surface area contributed by atoms with Gasteiger partial charge in [0.15, 0.2) is 0 Å². The quantitative estimate of drug-likeness (QED) is 0.816. The fourth-order valence-electron chi connectivity index (χ4n) is 1.26. The van der Waals surface area contributed by atoms with Gasteiger partial charge in [-0.1, -0.05) is 32.1 Å². The van der Waals surface area contributed by atoms with Crippen LogP contribution in [0.15, 0.2) is 29.8 Å². The molecule has 0 amide bonds. The molecule has 2 nitrogen and oxygen atoms in total. The second-order valence-electron chi connectivity index (χ2n) is 3.77. The summed E-state index contributed by atoms with van der Waals surface area (Å²) in [5, 5.41) is 17.8. The molecular formula is C13H15NO. The Kier molecular flexibility index (Phi) is 4.08. The van der Waals surface area contributed by atoms with Crippen molar-refractivity contribution in [1.82, 2.24) is 0 Å². The zero-order valence-corrected chi connectivity index (χ0v) is 9.07. The van der Waals surface area contributed by atoms with Crippen molar-refractivity contribution in [2.45, 2.75) is 13.8 Å². The Hall–Kier alpha value is -1.59. The van der Waals surface area contributed by atoms with Crippen molar-refractivity contribution in [2.24, 2.45) is 5.92 Å². The van der Waals surface area contributed by atoms with Crippen LogP contribution < -0.4 is 0 Å². The van der Waals surface area contributed by atoms with E-state index in [2.05, 4.69) is 6.07 Å². The molecule has 0 bridgehead atoms. The molecule has 0 radical (unpaired) electrons. The standard InChI is InChI=1S/C13H15NO/c1-10(2)13(9-15)7-11-3-5-12(8-14)6-4-11/h3-7,10,15H,9H2,1-2H3. The molecule has 0 aliphatic rings. The summed E-state index contributed by atoms with van der Waals surface area (Å²) in [6, 6.07) is 9.40. The number of hydrogen-bond donors (Lipinski definition) is 1. The Morgan fingerprint density at radius 1 is 1.40 bits per heavy atom. The van der Waals surface area contributed by atoms with Crippen molar-refractivity contribution in [1.29, 1.82) is 5.26 Å². The summed E-state index contributed by atoms with van der Waals surface area (Å²) < 4.78 is 0. The maximum absolute atomic E-state index is 9.14. The molecule has 0 aliphatic heterocycles. The van der Waals surface area contributed by atoms with E-state index in [4.69, 9.17) is 10.4 Å².